The van der Waals surface area contributed by atoms with Crippen molar-refractivity contribution in [2.24, 2.45) is 0 Å². The molecule has 1 heterocycles. The van der Waals surface area contributed by atoms with Crippen LogP contribution in [0.1, 0.15) is 45.2 Å². The highest BCUT2D eigenvalue weighted by molar-refractivity contribution is 7.99. The first-order valence-corrected chi connectivity index (χ1v) is 7.56. The first kappa shape index (κ1) is 15.1. The predicted molar refractivity (Wildman–Crippen MR) is 74.1 cm³/mol. The van der Waals surface area contributed by atoms with Crippen LogP contribution < -0.4 is 0 Å². The Labute approximate surface area is 113 Å². The zero-order chi connectivity index (χ0) is 13.4. The molecular weight excluding hydrogens is 248 g/mol. The molecule has 0 saturated heterocycles. The van der Waals surface area contributed by atoms with E-state index in [0.717, 1.165) is 24.5 Å². The molecule has 0 saturated carbocycles. The van der Waals surface area contributed by atoms with E-state index in [1.807, 2.05) is 6.20 Å². The number of carboxylic acids is 1. The third-order valence-electron chi connectivity index (χ3n) is 2.82. The van der Waals surface area contributed by atoms with E-state index in [2.05, 4.69) is 23.4 Å². The maximum absolute atomic E-state index is 10.6. The summed E-state index contributed by atoms with van der Waals surface area (Å²) in [7, 11) is 0. The summed E-state index contributed by atoms with van der Waals surface area (Å²) < 4.78 is 2.17. The molecular formula is C13H22N2O2S. The molecule has 102 valence electrons. The molecule has 1 N–H and O–H groups in total. The minimum absolute atomic E-state index is 0.0785. The number of aryl methyl sites for hydroxylation is 1. The molecule has 5 heteroatoms. The van der Waals surface area contributed by atoms with Gasteiger partial charge in [0.05, 0.1) is 5.75 Å². The molecule has 1 rings (SSSR count). The van der Waals surface area contributed by atoms with E-state index in [1.165, 1.54) is 36.7 Å². The van der Waals surface area contributed by atoms with Gasteiger partial charge in [0, 0.05) is 18.4 Å². The van der Waals surface area contributed by atoms with Crippen LogP contribution >= 0.6 is 11.8 Å². The van der Waals surface area contributed by atoms with Gasteiger partial charge in [0.1, 0.15) is 0 Å². The first-order valence-electron chi connectivity index (χ1n) is 6.58. The van der Waals surface area contributed by atoms with Gasteiger partial charge in [0.25, 0.3) is 0 Å². The number of aromatic nitrogens is 2. The van der Waals surface area contributed by atoms with Crippen molar-refractivity contribution in [3.63, 3.8) is 0 Å². The average molecular weight is 270 g/mol. The van der Waals surface area contributed by atoms with E-state index in [4.69, 9.17) is 5.11 Å². The van der Waals surface area contributed by atoms with Gasteiger partial charge in [-0.15, -0.1) is 0 Å². The van der Waals surface area contributed by atoms with Crippen LogP contribution in [0.3, 0.4) is 0 Å². The molecule has 0 aliphatic carbocycles. The van der Waals surface area contributed by atoms with Gasteiger partial charge in [0.15, 0.2) is 5.16 Å². The van der Waals surface area contributed by atoms with Crippen molar-refractivity contribution in [2.75, 3.05) is 5.75 Å². The number of carboxylic acid groups (broad SMARTS) is 1. The Morgan fingerprint density at radius 3 is 2.78 bits per heavy atom. The molecule has 0 atom stereocenters. The van der Waals surface area contributed by atoms with E-state index >= 15 is 0 Å². The quantitative estimate of drug-likeness (QED) is 0.553. The van der Waals surface area contributed by atoms with Crippen molar-refractivity contribution in [3.05, 3.63) is 11.9 Å². The highest BCUT2D eigenvalue weighted by Gasteiger charge is 2.10. The Balaban J connectivity index is 2.60. The zero-order valence-corrected chi connectivity index (χ0v) is 12.0. The number of carbonyl (C=O) groups is 1. The van der Waals surface area contributed by atoms with Crippen molar-refractivity contribution in [1.29, 1.82) is 0 Å². The monoisotopic (exact) mass is 270 g/mol. The van der Waals surface area contributed by atoms with Gasteiger partial charge >= 0.3 is 5.97 Å². The number of thioether (sulfide) groups is 1. The molecule has 0 fully saturated rings. The molecule has 0 amide bonds. The molecule has 0 aliphatic heterocycles. The van der Waals surface area contributed by atoms with E-state index in [0.29, 0.717) is 0 Å². The summed E-state index contributed by atoms with van der Waals surface area (Å²) >= 11 is 1.31. The third-order valence-corrected chi connectivity index (χ3v) is 3.80. The largest absolute Gasteiger partial charge is 0.481 e. The standard InChI is InChI=1S/C13H22N2O2S/c1-3-5-6-7-8-15-11(4-2)9-14-13(15)18-10-12(16)17/h9H,3-8,10H2,1-2H3,(H,16,17). The lowest BCUT2D eigenvalue weighted by Crippen LogP contribution is -2.06. The number of nitrogens with zero attached hydrogens (tertiary/aromatic N) is 2. The Morgan fingerprint density at radius 1 is 1.39 bits per heavy atom. The molecule has 1 aromatic rings. The lowest BCUT2D eigenvalue weighted by atomic mass is 10.2. The second kappa shape index (κ2) is 8.19. The molecule has 0 aliphatic rings. The molecule has 0 radical (unpaired) electrons. The van der Waals surface area contributed by atoms with Crippen LogP contribution in [0, 0.1) is 0 Å². The summed E-state index contributed by atoms with van der Waals surface area (Å²) in [6.45, 7) is 5.25. The fraction of sp³-hybridized carbons (Fsp3) is 0.692. The predicted octanol–water partition coefficient (Wildman–Crippen LogP) is 3.20. The fourth-order valence-electron chi connectivity index (χ4n) is 1.85. The second-order valence-corrected chi connectivity index (χ2v) is 5.22. The van der Waals surface area contributed by atoms with Crippen molar-refractivity contribution >= 4 is 17.7 Å². The maximum Gasteiger partial charge on any atom is 0.313 e. The van der Waals surface area contributed by atoms with Gasteiger partial charge in [-0.1, -0.05) is 44.9 Å². The highest BCUT2D eigenvalue weighted by atomic mass is 32.2. The number of hydrogen-bond donors (Lipinski definition) is 1. The van der Waals surface area contributed by atoms with Gasteiger partial charge in [-0.2, -0.15) is 0 Å². The van der Waals surface area contributed by atoms with Crippen molar-refractivity contribution < 1.29 is 9.90 Å². The molecule has 18 heavy (non-hydrogen) atoms. The highest BCUT2D eigenvalue weighted by Crippen LogP contribution is 2.20. The molecule has 0 aromatic carbocycles. The Morgan fingerprint density at radius 2 is 2.17 bits per heavy atom. The van der Waals surface area contributed by atoms with E-state index in [1.54, 1.807) is 0 Å². The third kappa shape index (κ3) is 4.72. The Kier molecular flexibility index (Phi) is 6.86. The lowest BCUT2D eigenvalue weighted by molar-refractivity contribution is -0.133. The zero-order valence-electron chi connectivity index (χ0n) is 11.2. The van der Waals surface area contributed by atoms with Gasteiger partial charge in [0.2, 0.25) is 0 Å². The van der Waals surface area contributed by atoms with Crippen LogP contribution in [0.2, 0.25) is 0 Å². The van der Waals surface area contributed by atoms with E-state index in [-0.39, 0.29) is 5.75 Å². The Hall–Kier alpha value is -0.970. The van der Waals surface area contributed by atoms with Crippen LogP contribution in [0.15, 0.2) is 11.4 Å². The minimum atomic E-state index is -0.793. The summed E-state index contributed by atoms with van der Waals surface area (Å²) in [6.07, 6.45) is 7.65. The van der Waals surface area contributed by atoms with Crippen LogP contribution in [0.25, 0.3) is 0 Å². The number of unbranched alkanes of at least 4 members (excludes halogenated alkanes) is 3. The molecule has 0 unspecified atom stereocenters. The van der Waals surface area contributed by atoms with Gasteiger partial charge < -0.3 is 9.67 Å². The van der Waals surface area contributed by atoms with Crippen molar-refractivity contribution in [2.45, 2.75) is 57.7 Å². The molecule has 0 spiro atoms. The molecule has 0 bridgehead atoms. The topological polar surface area (TPSA) is 55.1 Å². The lowest BCUT2D eigenvalue weighted by Gasteiger charge is -2.10. The summed E-state index contributed by atoms with van der Waals surface area (Å²) in [5.74, 6) is -0.714. The SMILES string of the molecule is CCCCCCn1c(CC)cnc1SCC(=O)O. The van der Waals surface area contributed by atoms with Crippen LogP contribution in [-0.2, 0) is 17.8 Å². The van der Waals surface area contributed by atoms with Crippen molar-refractivity contribution in [3.8, 4) is 0 Å². The molecule has 1 aromatic heterocycles. The van der Waals surface area contributed by atoms with Crippen LogP contribution in [-0.4, -0.2) is 26.4 Å². The van der Waals surface area contributed by atoms with Gasteiger partial charge in [-0.25, -0.2) is 4.98 Å². The number of hydrogen-bond acceptors (Lipinski definition) is 3. The minimum Gasteiger partial charge on any atom is -0.481 e. The van der Waals surface area contributed by atoms with Crippen LogP contribution in [0.4, 0.5) is 0 Å². The summed E-state index contributed by atoms with van der Waals surface area (Å²) in [4.78, 5) is 14.9. The molecule has 4 nitrogen and oxygen atoms in total. The normalized spacial score (nSPS) is 10.8. The number of imidazole rings is 1. The van der Waals surface area contributed by atoms with Crippen molar-refractivity contribution in [1.82, 2.24) is 9.55 Å². The fourth-order valence-corrected chi connectivity index (χ4v) is 2.60. The Bertz CT molecular complexity index is 377. The van der Waals surface area contributed by atoms with E-state index in [9.17, 15) is 4.79 Å². The second-order valence-electron chi connectivity index (χ2n) is 4.28. The first-order chi connectivity index (χ1) is 8.69. The van der Waals surface area contributed by atoms with Crippen LogP contribution in [0.5, 0.6) is 0 Å². The summed E-state index contributed by atoms with van der Waals surface area (Å²) in [5, 5.41) is 9.56. The van der Waals surface area contributed by atoms with E-state index < -0.39 is 5.97 Å². The average Bonchev–Trinajstić information content (AvgIpc) is 2.74. The smallest absolute Gasteiger partial charge is 0.313 e. The van der Waals surface area contributed by atoms with Gasteiger partial charge in [-0.3, -0.25) is 4.79 Å². The number of aliphatic carboxylic acids is 1. The number of rotatable bonds is 9. The van der Waals surface area contributed by atoms with Gasteiger partial charge in [-0.05, 0) is 12.8 Å². The summed E-state index contributed by atoms with van der Waals surface area (Å²) in [6, 6.07) is 0. The summed E-state index contributed by atoms with van der Waals surface area (Å²) in [5.41, 5.74) is 1.19. The maximum atomic E-state index is 10.6.